The monoisotopic (exact) mass is 416 g/mol. The second kappa shape index (κ2) is 9.30. The minimum absolute atomic E-state index is 0.182. The Morgan fingerprint density at radius 1 is 1.03 bits per heavy atom. The molecule has 2 aromatic carbocycles. The molecule has 0 saturated heterocycles. The number of hydrogen-bond donors (Lipinski definition) is 3. The summed E-state index contributed by atoms with van der Waals surface area (Å²) >= 11 is 0. The third-order valence-corrected chi connectivity index (χ3v) is 5.10. The summed E-state index contributed by atoms with van der Waals surface area (Å²) in [7, 11) is 0. The van der Waals surface area contributed by atoms with E-state index in [2.05, 4.69) is 15.6 Å². The summed E-state index contributed by atoms with van der Waals surface area (Å²) < 4.78 is 5.28. The Kier molecular flexibility index (Phi) is 6.12. The van der Waals surface area contributed by atoms with Crippen molar-refractivity contribution in [3.63, 3.8) is 0 Å². The summed E-state index contributed by atoms with van der Waals surface area (Å²) in [5.74, 6) is 0.357. The number of rotatable bonds is 7. The highest BCUT2D eigenvalue weighted by Crippen LogP contribution is 2.39. The number of nitrogens with two attached hydrogens (primary N) is 1. The van der Waals surface area contributed by atoms with Crippen molar-refractivity contribution in [3.05, 3.63) is 89.2 Å². The van der Waals surface area contributed by atoms with Crippen LogP contribution < -0.4 is 16.4 Å². The molecule has 1 aromatic heterocycles. The lowest BCUT2D eigenvalue weighted by Crippen LogP contribution is -2.23. The Hall–Kier alpha value is -3.87. The first-order valence-electron chi connectivity index (χ1n) is 10.2. The van der Waals surface area contributed by atoms with Crippen molar-refractivity contribution in [2.24, 2.45) is 0 Å². The van der Waals surface area contributed by atoms with Gasteiger partial charge in [0.2, 0.25) is 0 Å². The first kappa shape index (κ1) is 20.4. The predicted octanol–water partition coefficient (Wildman–Crippen LogP) is 4.22. The second-order valence-electron chi connectivity index (χ2n) is 7.57. The average molecular weight is 416 g/mol. The number of ether oxygens (including phenoxy) is 1. The molecule has 0 radical (unpaired) electrons. The highest BCUT2D eigenvalue weighted by molar-refractivity contribution is 6.05. The van der Waals surface area contributed by atoms with E-state index in [4.69, 9.17) is 10.5 Å². The Bertz CT molecular complexity index is 1080. The highest BCUT2D eigenvalue weighted by Gasteiger charge is 2.23. The summed E-state index contributed by atoms with van der Waals surface area (Å²) in [4.78, 5) is 28.6. The van der Waals surface area contributed by atoms with Gasteiger partial charge < -0.3 is 21.1 Å². The Labute approximate surface area is 180 Å². The highest BCUT2D eigenvalue weighted by atomic mass is 16.5. The number of anilines is 2. The largest absolute Gasteiger partial charge is 0.445 e. The van der Waals surface area contributed by atoms with E-state index in [1.54, 1.807) is 54.7 Å². The van der Waals surface area contributed by atoms with Crippen molar-refractivity contribution < 1.29 is 14.3 Å². The molecule has 0 unspecified atom stereocenters. The first-order chi connectivity index (χ1) is 15.1. The number of amides is 2. The molecule has 0 aliphatic heterocycles. The van der Waals surface area contributed by atoms with Crippen LogP contribution in [0.5, 0.6) is 0 Å². The first-order valence-corrected chi connectivity index (χ1v) is 10.2. The van der Waals surface area contributed by atoms with Gasteiger partial charge in [-0.2, -0.15) is 0 Å². The van der Waals surface area contributed by atoms with E-state index in [1.807, 2.05) is 12.3 Å². The molecule has 1 fully saturated rings. The molecule has 2 amide bonds. The fourth-order valence-electron chi connectivity index (χ4n) is 3.18. The summed E-state index contributed by atoms with van der Waals surface area (Å²) in [6.07, 6.45) is 5.49. The normalized spacial score (nSPS) is 12.8. The van der Waals surface area contributed by atoms with Gasteiger partial charge in [0, 0.05) is 30.1 Å². The molecule has 7 nitrogen and oxygen atoms in total. The Morgan fingerprint density at radius 3 is 2.55 bits per heavy atom. The van der Waals surface area contributed by atoms with Crippen LogP contribution >= 0.6 is 0 Å². The maximum Gasteiger partial charge on any atom is 0.407 e. The molecular formula is C24H24N4O3. The quantitative estimate of drug-likeness (QED) is 0.500. The number of nitrogens with one attached hydrogen (secondary N) is 2. The van der Waals surface area contributed by atoms with Crippen LogP contribution in [0.3, 0.4) is 0 Å². The van der Waals surface area contributed by atoms with Gasteiger partial charge in [0.25, 0.3) is 5.91 Å². The lowest BCUT2D eigenvalue weighted by atomic mass is 10.1. The van der Waals surface area contributed by atoms with Crippen molar-refractivity contribution in [1.29, 1.82) is 0 Å². The van der Waals surface area contributed by atoms with Crippen LogP contribution in [0.15, 0.2) is 67.0 Å². The smallest absolute Gasteiger partial charge is 0.407 e. The third-order valence-electron chi connectivity index (χ3n) is 5.10. The molecule has 0 bridgehead atoms. The van der Waals surface area contributed by atoms with Crippen LogP contribution in [0.25, 0.3) is 0 Å². The van der Waals surface area contributed by atoms with Gasteiger partial charge in [-0.25, -0.2) is 4.79 Å². The van der Waals surface area contributed by atoms with Gasteiger partial charge in [0.1, 0.15) is 6.61 Å². The molecule has 1 aliphatic rings. The number of hydrogen-bond acceptors (Lipinski definition) is 5. The molecule has 7 heteroatoms. The Morgan fingerprint density at radius 2 is 1.81 bits per heavy atom. The van der Waals surface area contributed by atoms with Crippen LogP contribution in [0, 0.1) is 0 Å². The van der Waals surface area contributed by atoms with Crippen LogP contribution in [-0.4, -0.2) is 17.0 Å². The number of alkyl carbamates (subject to hydrolysis) is 1. The molecule has 0 spiro atoms. The third kappa shape index (κ3) is 5.60. The lowest BCUT2D eigenvalue weighted by molar-refractivity contribution is 0.102. The number of pyridine rings is 1. The second-order valence-corrected chi connectivity index (χ2v) is 7.57. The van der Waals surface area contributed by atoms with Gasteiger partial charge in [0.05, 0.1) is 11.4 Å². The summed E-state index contributed by atoms with van der Waals surface area (Å²) in [5.41, 5.74) is 10.4. The van der Waals surface area contributed by atoms with Crippen LogP contribution in [0.1, 0.15) is 45.8 Å². The van der Waals surface area contributed by atoms with Gasteiger partial charge in [0.15, 0.2) is 0 Å². The van der Waals surface area contributed by atoms with Crippen LogP contribution in [0.4, 0.5) is 16.2 Å². The number of carbonyl (C=O) groups excluding carboxylic acids is 2. The van der Waals surface area contributed by atoms with E-state index in [-0.39, 0.29) is 12.5 Å². The van der Waals surface area contributed by atoms with Crippen molar-refractivity contribution >= 4 is 23.4 Å². The van der Waals surface area contributed by atoms with Gasteiger partial charge in [-0.05, 0) is 60.2 Å². The van der Waals surface area contributed by atoms with Gasteiger partial charge >= 0.3 is 6.09 Å². The van der Waals surface area contributed by atoms with Crippen molar-refractivity contribution in [2.45, 2.75) is 31.9 Å². The molecule has 158 valence electrons. The summed E-state index contributed by atoms with van der Waals surface area (Å²) in [6, 6.07) is 16.1. The van der Waals surface area contributed by atoms with E-state index in [0.29, 0.717) is 29.4 Å². The van der Waals surface area contributed by atoms with E-state index in [9.17, 15) is 9.59 Å². The molecule has 0 atom stereocenters. The van der Waals surface area contributed by atoms with Crippen molar-refractivity contribution in [3.8, 4) is 0 Å². The van der Waals surface area contributed by atoms with E-state index in [1.165, 1.54) is 18.4 Å². The van der Waals surface area contributed by atoms with E-state index < -0.39 is 6.09 Å². The van der Waals surface area contributed by atoms with Gasteiger partial charge in [-0.1, -0.05) is 24.3 Å². The molecule has 4 rings (SSSR count). The number of carbonyl (C=O) groups is 2. The fourth-order valence-corrected chi connectivity index (χ4v) is 3.18. The topological polar surface area (TPSA) is 106 Å². The zero-order chi connectivity index (χ0) is 21.6. The van der Waals surface area contributed by atoms with E-state index in [0.717, 1.165) is 11.1 Å². The lowest BCUT2D eigenvalue weighted by Gasteiger charge is -2.09. The molecule has 31 heavy (non-hydrogen) atoms. The molecule has 1 heterocycles. The zero-order valence-corrected chi connectivity index (χ0v) is 17.0. The molecule has 3 aromatic rings. The zero-order valence-electron chi connectivity index (χ0n) is 17.0. The maximum absolute atomic E-state index is 12.4. The van der Waals surface area contributed by atoms with E-state index >= 15 is 0 Å². The maximum atomic E-state index is 12.4. The summed E-state index contributed by atoms with van der Waals surface area (Å²) in [6.45, 7) is 0.480. The number of para-hydroxylation sites is 2. The average Bonchev–Trinajstić information content (AvgIpc) is 3.64. The minimum atomic E-state index is -0.502. The number of benzene rings is 2. The standard InChI is InChI=1S/C24H24N4O3/c25-21-3-1-2-4-22(21)28-23(29)19-7-5-16(6-8-19)13-27-24(30)31-15-17-11-20(14-26-12-17)18-9-10-18/h1-8,11-12,14,18H,9-10,13,15,25H2,(H,27,30)(H,28,29). The number of aromatic nitrogens is 1. The Balaban J connectivity index is 1.24. The molecule has 4 N–H and O–H groups in total. The van der Waals surface area contributed by atoms with Crippen LogP contribution in [-0.2, 0) is 17.9 Å². The molecule has 1 saturated carbocycles. The minimum Gasteiger partial charge on any atom is -0.445 e. The van der Waals surface area contributed by atoms with Gasteiger partial charge in [-0.15, -0.1) is 0 Å². The van der Waals surface area contributed by atoms with Crippen molar-refractivity contribution in [1.82, 2.24) is 10.3 Å². The van der Waals surface area contributed by atoms with Crippen LogP contribution in [0.2, 0.25) is 0 Å². The number of nitrogen functional groups attached to an aromatic ring is 1. The molecule has 1 aliphatic carbocycles. The summed E-state index contributed by atoms with van der Waals surface area (Å²) in [5, 5.41) is 5.50. The number of nitrogens with zero attached hydrogens (tertiary/aromatic N) is 1. The fraction of sp³-hybridized carbons (Fsp3) is 0.208. The van der Waals surface area contributed by atoms with Gasteiger partial charge in [-0.3, -0.25) is 9.78 Å². The molecular weight excluding hydrogens is 392 g/mol. The van der Waals surface area contributed by atoms with Crippen molar-refractivity contribution in [2.75, 3.05) is 11.1 Å². The SMILES string of the molecule is Nc1ccccc1NC(=O)c1ccc(CNC(=O)OCc2cncc(C3CC3)c2)cc1. The predicted molar refractivity (Wildman–Crippen MR) is 118 cm³/mol.